The minimum atomic E-state index is 0.356. The molecule has 4 nitrogen and oxygen atoms in total. The Morgan fingerprint density at radius 3 is 2.70 bits per heavy atom. The maximum atomic E-state index is 8.59. The third-order valence-electron chi connectivity index (χ3n) is 4.68. The summed E-state index contributed by atoms with van der Waals surface area (Å²) in [4.78, 5) is 5.45. The molecule has 130 valence electrons. The summed E-state index contributed by atoms with van der Waals surface area (Å²) in [5, 5.41) is 3.81. The van der Waals surface area contributed by atoms with Crippen LogP contribution in [0.5, 0.6) is 0 Å². The fourth-order valence-electron chi connectivity index (χ4n) is 3.31. The molecule has 23 heavy (non-hydrogen) atoms. The zero-order chi connectivity index (χ0) is 16.8. The van der Waals surface area contributed by atoms with Crippen molar-refractivity contribution in [2.45, 2.75) is 96.6 Å². The normalized spacial score (nSPS) is 19.0. The Morgan fingerprint density at radius 2 is 1.96 bits per heavy atom. The van der Waals surface area contributed by atoms with E-state index in [0.717, 1.165) is 25.8 Å². The largest absolute Gasteiger partial charge is 0.287 e. The van der Waals surface area contributed by atoms with Crippen molar-refractivity contribution >= 4 is 0 Å². The van der Waals surface area contributed by atoms with Crippen LogP contribution in [0.1, 0.15) is 84.5 Å². The van der Waals surface area contributed by atoms with Crippen LogP contribution in [0.15, 0.2) is 5.11 Å². The SMILES string of the molecule is CCCCC#C[C@H](CCCCCCC)N1CCC[C@H]1CN=[N+]=[N-]. The summed E-state index contributed by atoms with van der Waals surface area (Å²) in [6, 6.07) is 0.752. The number of rotatable bonds is 11. The van der Waals surface area contributed by atoms with Gasteiger partial charge >= 0.3 is 0 Å². The summed E-state index contributed by atoms with van der Waals surface area (Å²) in [6.45, 7) is 6.17. The minimum absolute atomic E-state index is 0.356. The molecule has 1 aliphatic heterocycles. The van der Waals surface area contributed by atoms with Crippen LogP contribution in [0.4, 0.5) is 0 Å². The van der Waals surface area contributed by atoms with Gasteiger partial charge in [-0.05, 0) is 37.8 Å². The van der Waals surface area contributed by atoms with Gasteiger partial charge in [0.2, 0.25) is 0 Å². The highest BCUT2D eigenvalue weighted by Crippen LogP contribution is 2.23. The standard InChI is InChI=1S/C19H34N4/c1-3-5-7-9-11-14-18(13-10-8-6-4-2)23-16-12-15-19(23)17-21-22-20/h18-19H,3-9,11-12,14-17H2,1-2H3/t18-,19+/m1/s1. The molecule has 0 spiro atoms. The maximum absolute atomic E-state index is 8.59. The van der Waals surface area contributed by atoms with E-state index >= 15 is 0 Å². The Kier molecular flexibility index (Phi) is 11.5. The van der Waals surface area contributed by atoms with Gasteiger partial charge in [-0.3, -0.25) is 4.90 Å². The van der Waals surface area contributed by atoms with E-state index < -0.39 is 0 Å². The van der Waals surface area contributed by atoms with Crippen molar-refractivity contribution in [3.63, 3.8) is 0 Å². The molecule has 0 unspecified atom stereocenters. The van der Waals surface area contributed by atoms with Crippen molar-refractivity contribution in [2.75, 3.05) is 13.1 Å². The molecule has 0 aliphatic carbocycles. The van der Waals surface area contributed by atoms with Gasteiger partial charge in [0.05, 0.1) is 6.04 Å². The topological polar surface area (TPSA) is 52.0 Å². The Balaban J connectivity index is 2.56. The first-order valence-electron chi connectivity index (χ1n) is 9.58. The zero-order valence-electron chi connectivity index (χ0n) is 15.1. The second-order valence-corrected chi connectivity index (χ2v) is 6.59. The number of likely N-dealkylation sites (tertiary alicyclic amines) is 1. The fourth-order valence-corrected chi connectivity index (χ4v) is 3.31. The molecule has 0 radical (unpaired) electrons. The Labute approximate surface area is 142 Å². The van der Waals surface area contributed by atoms with E-state index in [9.17, 15) is 0 Å². The summed E-state index contributed by atoms with van der Waals surface area (Å²) in [5.74, 6) is 6.93. The predicted molar refractivity (Wildman–Crippen MR) is 98.2 cm³/mol. The van der Waals surface area contributed by atoms with Crippen LogP contribution >= 0.6 is 0 Å². The third-order valence-corrected chi connectivity index (χ3v) is 4.68. The summed E-state index contributed by atoms with van der Waals surface area (Å²) in [6.07, 6.45) is 13.5. The second-order valence-electron chi connectivity index (χ2n) is 6.59. The van der Waals surface area contributed by atoms with Gasteiger partial charge in [0.15, 0.2) is 0 Å². The number of hydrogen-bond acceptors (Lipinski definition) is 2. The van der Waals surface area contributed by atoms with Crippen molar-refractivity contribution in [1.82, 2.24) is 4.90 Å². The van der Waals surface area contributed by atoms with Crippen LogP contribution in [0.2, 0.25) is 0 Å². The van der Waals surface area contributed by atoms with Gasteiger partial charge in [0, 0.05) is 23.9 Å². The molecule has 0 aromatic carbocycles. The van der Waals surface area contributed by atoms with Crippen LogP contribution in [0, 0.1) is 11.8 Å². The first-order chi connectivity index (χ1) is 11.3. The average Bonchev–Trinajstić information content (AvgIpc) is 3.03. The van der Waals surface area contributed by atoms with Crippen molar-refractivity contribution in [3.05, 3.63) is 10.4 Å². The van der Waals surface area contributed by atoms with Gasteiger partial charge in [-0.15, -0.1) is 5.92 Å². The van der Waals surface area contributed by atoms with Crippen molar-refractivity contribution in [3.8, 4) is 11.8 Å². The number of azide groups is 1. The Morgan fingerprint density at radius 1 is 1.17 bits per heavy atom. The number of hydrogen-bond donors (Lipinski definition) is 0. The van der Waals surface area contributed by atoms with Crippen LogP contribution in [0.3, 0.4) is 0 Å². The molecule has 1 heterocycles. The van der Waals surface area contributed by atoms with Gasteiger partial charge in [0.25, 0.3) is 0 Å². The van der Waals surface area contributed by atoms with E-state index in [4.69, 9.17) is 5.53 Å². The van der Waals surface area contributed by atoms with Gasteiger partial charge in [-0.2, -0.15) is 0 Å². The molecule has 1 saturated heterocycles. The van der Waals surface area contributed by atoms with E-state index in [0.29, 0.717) is 18.6 Å². The molecule has 1 aliphatic rings. The molecule has 2 atom stereocenters. The van der Waals surface area contributed by atoms with Crippen LogP contribution < -0.4 is 0 Å². The van der Waals surface area contributed by atoms with Gasteiger partial charge < -0.3 is 0 Å². The Bertz CT molecular complexity index is 403. The van der Waals surface area contributed by atoms with E-state index in [1.807, 2.05) is 0 Å². The van der Waals surface area contributed by atoms with Crippen LogP contribution in [0.25, 0.3) is 10.4 Å². The lowest BCUT2D eigenvalue weighted by atomic mass is 10.0. The molecule has 0 aromatic rings. The van der Waals surface area contributed by atoms with Gasteiger partial charge in [-0.25, -0.2) is 0 Å². The lowest BCUT2D eigenvalue weighted by molar-refractivity contribution is 0.209. The first-order valence-corrected chi connectivity index (χ1v) is 9.58. The van der Waals surface area contributed by atoms with Crippen molar-refractivity contribution in [2.24, 2.45) is 5.11 Å². The molecule has 0 aromatic heterocycles. The summed E-state index contributed by atoms with van der Waals surface area (Å²) >= 11 is 0. The first kappa shape index (κ1) is 19.9. The molecule has 0 saturated carbocycles. The van der Waals surface area contributed by atoms with E-state index in [-0.39, 0.29) is 0 Å². The van der Waals surface area contributed by atoms with Crippen molar-refractivity contribution < 1.29 is 0 Å². The van der Waals surface area contributed by atoms with Crippen LogP contribution in [-0.2, 0) is 0 Å². The highest BCUT2D eigenvalue weighted by molar-refractivity contribution is 5.10. The molecule has 4 heteroatoms. The highest BCUT2D eigenvalue weighted by Gasteiger charge is 2.28. The fraction of sp³-hybridized carbons (Fsp3) is 0.895. The van der Waals surface area contributed by atoms with Gasteiger partial charge in [0.1, 0.15) is 0 Å². The zero-order valence-corrected chi connectivity index (χ0v) is 15.1. The number of nitrogens with zero attached hydrogens (tertiary/aromatic N) is 4. The molecular formula is C19H34N4. The molecule has 0 amide bonds. The summed E-state index contributed by atoms with van der Waals surface area (Å²) in [5.41, 5.74) is 8.59. The van der Waals surface area contributed by atoms with Crippen molar-refractivity contribution in [1.29, 1.82) is 0 Å². The quantitative estimate of drug-likeness (QED) is 0.159. The third kappa shape index (κ3) is 8.30. The molecule has 1 fully saturated rings. The van der Waals surface area contributed by atoms with E-state index in [1.165, 1.54) is 51.4 Å². The van der Waals surface area contributed by atoms with E-state index in [2.05, 4.69) is 40.6 Å². The smallest absolute Gasteiger partial charge is 0.0716 e. The van der Waals surface area contributed by atoms with Crippen LogP contribution in [-0.4, -0.2) is 30.1 Å². The lowest BCUT2D eigenvalue weighted by Gasteiger charge is -2.29. The minimum Gasteiger partial charge on any atom is -0.287 e. The second kappa shape index (κ2) is 13.3. The average molecular weight is 319 g/mol. The maximum Gasteiger partial charge on any atom is 0.0716 e. The highest BCUT2D eigenvalue weighted by atomic mass is 15.2. The molecule has 0 bridgehead atoms. The Hall–Kier alpha value is -1.17. The molecule has 1 rings (SSSR count). The molecular weight excluding hydrogens is 284 g/mol. The molecule has 0 N–H and O–H groups in total. The monoisotopic (exact) mass is 318 g/mol. The lowest BCUT2D eigenvalue weighted by Crippen LogP contribution is -2.39. The summed E-state index contributed by atoms with van der Waals surface area (Å²) in [7, 11) is 0. The van der Waals surface area contributed by atoms with E-state index in [1.54, 1.807) is 0 Å². The van der Waals surface area contributed by atoms with Gasteiger partial charge in [-0.1, -0.05) is 63.4 Å². The predicted octanol–water partition coefficient (Wildman–Crippen LogP) is 5.68. The summed E-state index contributed by atoms with van der Waals surface area (Å²) < 4.78 is 0. The number of unbranched alkanes of at least 4 members (excludes halogenated alkanes) is 6.